The number of carbonyl (C=O) groups excluding carboxylic acids is 1. The molecule has 2 rings (SSSR count). The maximum Gasteiger partial charge on any atom is 0.237 e. The number of carbonyl (C=O) groups is 1. The van der Waals surface area contributed by atoms with Gasteiger partial charge < -0.3 is 15.7 Å². The number of aliphatic hydroxyl groups is 1. The van der Waals surface area contributed by atoms with Gasteiger partial charge >= 0.3 is 0 Å². The van der Waals surface area contributed by atoms with Crippen LogP contribution in [0, 0.1) is 11.6 Å². The lowest BCUT2D eigenvalue weighted by Gasteiger charge is -2.11. The summed E-state index contributed by atoms with van der Waals surface area (Å²) < 4.78 is 26.7. The van der Waals surface area contributed by atoms with Crippen LogP contribution in [0.5, 0.6) is 0 Å². The minimum Gasteiger partial charge on any atom is -0.392 e. The second-order valence-corrected chi connectivity index (χ2v) is 4.59. The summed E-state index contributed by atoms with van der Waals surface area (Å²) in [5.74, 6) is -1.47. The maximum absolute atomic E-state index is 13.3. The SMILES string of the molecule is O=C(NCCc1c(F)cccc1F)[C@H]1C[C@H](O)CN1. The van der Waals surface area contributed by atoms with E-state index >= 15 is 0 Å². The van der Waals surface area contributed by atoms with Gasteiger partial charge in [0.1, 0.15) is 11.6 Å². The highest BCUT2D eigenvalue weighted by molar-refractivity contribution is 5.82. The van der Waals surface area contributed by atoms with Crippen LogP contribution in [0.4, 0.5) is 8.78 Å². The zero-order valence-electron chi connectivity index (χ0n) is 10.3. The number of halogens is 2. The summed E-state index contributed by atoms with van der Waals surface area (Å²) in [5, 5.41) is 14.8. The van der Waals surface area contributed by atoms with Crippen LogP contribution in [0.15, 0.2) is 18.2 Å². The number of nitrogens with one attached hydrogen (secondary N) is 2. The van der Waals surface area contributed by atoms with E-state index in [1.165, 1.54) is 18.2 Å². The van der Waals surface area contributed by atoms with Crippen molar-refractivity contribution >= 4 is 5.91 Å². The molecule has 1 aromatic carbocycles. The minimum absolute atomic E-state index is 0.0257. The summed E-state index contributed by atoms with van der Waals surface area (Å²) in [7, 11) is 0. The highest BCUT2D eigenvalue weighted by atomic mass is 19.1. The molecule has 6 heteroatoms. The molecule has 2 atom stereocenters. The Labute approximate surface area is 109 Å². The van der Waals surface area contributed by atoms with Gasteiger partial charge in [-0.1, -0.05) is 6.07 Å². The molecule has 1 aliphatic heterocycles. The molecular weight excluding hydrogens is 254 g/mol. The first-order valence-corrected chi connectivity index (χ1v) is 6.20. The summed E-state index contributed by atoms with van der Waals surface area (Å²) >= 11 is 0. The molecule has 19 heavy (non-hydrogen) atoms. The second-order valence-electron chi connectivity index (χ2n) is 4.59. The number of rotatable bonds is 4. The standard InChI is InChI=1S/C13H16F2N2O2/c14-10-2-1-3-11(15)9(10)4-5-16-13(19)12-6-8(18)7-17-12/h1-3,8,12,17-18H,4-7H2,(H,16,19)/t8-,12+/m0/s1. The van der Waals surface area contributed by atoms with Crippen molar-refractivity contribution in [2.24, 2.45) is 0 Å². The molecule has 1 amide bonds. The Morgan fingerprint density at radius 3 is 2.68 bits per heavy atom. The highest BCUT2D eigenvalue weighted by Gasteiger charge is 2.27. The second kappa shape index (κ2) is 6.08. The van der Waals surface area contributed by atoms with E-state index in [4.69, 9.17) is 0 Å². The minimum atomic E-state index is -0.608. The summed E-state index contributed by atoms with van der Waals surface area (Å²) in [4.78, 5) is 11.7. The van der Waals surface area contributed by atoms with Crippen LogP contribution in [0.1, 0.15) is 12.0 Å². The van der Waals surface area contributed by atoms with Crippen LogP contribution in [0.2, 0.25) is 0 Å². The molecule has 4 nitrogen and oxygen atoms in total. The molecule has 1 saturated heterocycles. The first kappa shape index (κ1) is 13.9. The molecule has 0 bridgehead atoms. The molecule has 0 aromatic heterocycles. The van der Waals surface area contributed by atoms with Gasteiger partial charge in [-0.25, -0.2) is 8.78 Å². The predicted molar refractivity (Wildman–Crippen MR) is 65.5 cm³/mol. The van der Waals surface area contributed by atoms with Gasteiger partial charge in [-0.15, -0.1) is 0 Å². The predicted octanol–water partition coefficient (Wildman–Crippen LogP) is 0.346. The van der Waals surface area contributed by atoms with E-state index in [9.17, 15) is 18.7 Å². The molecule has 104 valence electrons. The van der Waals surface area contributed by atoms with Crippen LogP contribution in [0.3, 0.4) is 0 Å². The third kappa shape index (κ3) is 3.48. The van der Waals surface area contributed by atoms with Crippen LogP contribution in [-0.2, 0) is 11.2 Å². The van der Waals surface area contributed by atoms with Gasteiger partial charge in [0, 0.05) is 18.7 Å². The monoisotopic (exact) mass is 270 g/mol. The third-order valence-electron chi connectivity index (χ3n) is 3.16. The van der Waals surface area contributed by atoms with Gasteiger partial charge in [0.2, 0.25) is 5.91 Å². The fraction of sp³-hybridized carbons (Fsp3) is 0.462. The number of benzene rings is 1. The number of amides is 1. The van der Waals surface area contributed by atoms with Crippen molar-refractivity contribution in [3.8, 4) is 0 Å². The molecule has 0 unspecified atom stereocenters. The lowest BCUT2D eigenvalue weighted by Crippen LogP contribution is -2.41. The molecule has 1 aliphatic rings. The average molecular weight is 270 g/mol. The Bertz CT molecular complexity index is 448. The fourth-order valence-electron chi connectivity index (χ4n) is 2.12. The summed E-state index contributed by atoms with van der Waals surface area (Å²) in [6.07, 6.45) is -0.0564. The van der Waals surface area contributed by atoms with E-state index in [0.29, 0.717) is 13.0 Å². The summed E-state index contributed by atoms with van der Waals surface area (Å²) in [6.45, 7) is 0.547. The lowest BCUT2D eigenvalue weighted by atomic mass is 10.1. The molecular formula is C13H16F2N2O2. The lowest BCUT2D eigenvalue weighted by molar-refractivity contribution is -0.122. The highest BCUT2D eigenvalue weighted by Crippen LogP contribution is 2.12. The smallest absolute Gasteiger partial charge is 0.237 e. The molecule has 1 heterocycles. The Balaban J connectivity index is 1.82. The average Bonchev–Trinajstić information content (AvgIpc) is 2.79. The van der Waals surface area contributed by atoms with Gasteiger partial charge in [0.15, 0.2) is 0 Å². The molecule has 0 saturated carbocycles. The Morgan fingerprint density at radius 2 is 2.11 bits per heavy atom. The molecule has 0 spiro atoms. The van der Waals surface area contributed by atoms with Crippen LogP contribution in [-0.4, -0.2) is 36.2 Å². The van der Waals surface area contributed by atoms with E-state index in [1.54, 1.807) is 0 Å². The van der Waals surface area contributed by atoms with Crippen molar-refractivity contribution < 1.29 is 18.7 Å². The fourth-order valence-corrected chi connectivity index (χ4v) is 2.12. The molecule has 3 N–H and O–H groups in total. The largest absolute Gasteiger partial charge is 0.392 e. The molecule has 0 aliphatic carbocycles. The van der Waals surface area contributed by atoms with E-state index < -0.39 is 23.8 Å². The Kier molecular flexibility index (Phi) is 4.44. The van der Waals surface area contributed by atoms with Crippen LogP contribution in [0.25, 0.3) is 0 Å². The number of hydrogen-bond donors (Lipinski definition) is 3. The van der Waals surface area contributed by atoms with Crippen LogP contribution < -0.4 is 10.6 Å². The quantitative estimate of drug-likeness (QED) is 0.739. The van der Waals surface area contributed by atoms with Gasteiger partial charge in [-0.3, -0.25) is 4.79 Å². The van der Waals surface area contributed by atoms with Crippen molar-refractivity contribution in [3.05, 3.63) is 35.4 Å². The molecule has 1 aromatic rings. The van der Waals surface area contributed by atoms with Gasteiger partial charge in [-0.05, 0) is 25.0 Å². The first-order valence-electron chi connectivity index (χ1n) is 6.20. The van der Waals surface area contributed by atoms with E-state index in [0.717, 1.165) is 0 Å². The zero-order chi connectivity index (χ0) is 13.8. The number of β-amino-alcohol motifs (C(OH)–C–C–N with tert-alkyl or cyclic N) is 1. The maximum atomic E-state index is 13.3. The van der Waals surface area contributed by atoms with Gasteiger partial charge in [0.05, 0.1) is 12.1 Å². The third-order valence-corrected chi connectivity index (χ3v) is 3.16. The normalized spacial score (nSPS) is 22.5. The van der Waals surface area contributed by atoms with Crippen molar-refractivity contribution in [1.82, 2.24) is 10.6 Å². The van der Waals surface area contributed by atoms with E-state index in [-0.39, 0.29) is 24.4 Å². The first-order chi connectivity index (χ1) is 9.08. The Hall–Kier alpha value is -1.53. The number of aliphatic hydroxyl groups excluding tert-OH is 1. The topological polar surface area (TPSA) is 61.4 Å². The summed E-state index contributed by atoms with van der Waals surface area (Å²) in [5.41, 5.74) is -0.0257. The zero-order valence-corrected chi connectivity index (χ0v) is 10.3. The molecule has 0 radical (unpaired) electrons. The summed E-state index contributed by atoms with van der Waals surface area (Å²) in [6, 6.07) is 3.25. The van der Waals surface area contributed by atoms with Crippen molar-refractivity contribution in [3.63, 3.8) is 0 Å². The van der Waals surface area contributed by atoms with Crippen molar-refractivity contribution in [1.29, 1.82) is 0 Å². The van der Waals surface area contributed by atoms with Gasteiger partial charge in [-0.2, -0.15) is 0 Å². The van der Waals surface area contributed by atoms with E-state index in [2.05, 4.69) is 10.6 Å². The van der Waals surface area contributed by atoms with E-state index in [1.807, 2.05) is 0 Å². The van der Waals surface area contributed by atoms with Crippen LogP contribution >= 0.6 is 0 Å². The van der Waals surface area contributed by atoms with Crippen molar-refractivity contribution in [2.45, 2.75) is 25.0 Å². The number of hydrogen-bond acceptors (Lipinski definition) is 3. The Morgan fingerprint density at radius 1 is 1.42 bits per heavy atom. The molecule has 1 fully saturated rings. The van der Waals surface area contributed by atoms with Crippen molar-refractivity contribution in [2.75, 3.05) is 13.1 Å². The van der Waals surface area contributed by atoms with Gasteiger partial charge in [0.25, 0.3) is 0 Å².